The molecule has 0 bridgehead atoms. The molecule has 1 N–H and O–H groups in total. The van der Waals surface area contributed by atoms with E-state index in [0.717, 1.165) is 16.8 Å². The first-order valence-electron chi connectivity index (χ1n) is 9.15. The maximum absolute atomic E-state index is 14.4. The Labute approximate surface area is 181 Å². The maximum atomic E-state index is 14.4. The summed E-state index contributed by atoms with van der Waals surface area (Å²) in [5, 5.41) is 4.08. The van der Waals surface area contributed by atoms with E-state index in [1.165, 1.54) is 6.07 Å². The highest BCUT2D eigenvalue weighted by atomic mass is 35.5. The van der Waals surface area contributed by atoms with E-state index in [2.05, 4.69) is 5.32 Å². The van der Waals surface area contributed by atoms with Crippen molar-refractivity contribution in [2.75, 3.05) is 12.4 Å². The zero-order valence-electron chi connectivity index (χ0n) is 16.3. The number of hydrogen-bond acceptors (Lipinski definition) is 2. The molecule has 0 atom stereocenters. The number of thiocarbonyl (C=S) groups is 1. The molecule has 0 radical (unpaired) electrons. The van der Waals surface area contributed by atoms with Crippen LogP contribution in [0.15, 0.2) is 66.7 Å². The molecule has 0 saturated carbocycles. The lowest BCUT2D eigenvalue weighted by atomic mass is 10.1. The largest absolute Gasteiger partial charge is 0.495 e. The quantitative estimate of drug-likeness (QED) is 0.473. The molecule has 0 heterocycles. The number of nitrogens with one attached hydrogen (secondary N) is 1. The Bertz CT molecular complexity index is 977. The molecule has 3 aromatic carbocycles. The van der Waals surface area contributed by atoms with Crippen molar-refractivity contribution in [3.63, 3.8) is 0 Å². The lowest BCUT2D eigenvalue weighted by molar-refractivity contribution is 0.401. The molecule has 0 amide bonds. The van der Waals surface area contributed by atoms with Crippen LogP contribution in [0.1, 0.15) is 16.7 Å². The molecule has 0 aliphatic rings. The van der Waals surface area contributed by atoms with Crippen LogP contribution in [0, 0.1) is 12.7 Å². The van der Waals surface area contributed by atoms with Gasteiger partial charge in [0.25, 0.3) is 0 Å². The standard InChI is InChI=1S/C23H22ClFN2OS/c1-16-11-12-22(28-2)21(13-16)26-23(29)27(14-17-7-4-3-5-8-17)15-18-19(24)9-6-10-20(18)25/h3-13H,14-15H2,1-2H3,(H,26,29). The van der Waals surface area contributed by atoms with E-state index in [1.807, 2.05) is 60.4 Å². The molecule has 3 nitrogen and oxygen atoms in total. The number of rotatable bonds is 6. The van der Waals surface area contributed by atoms with Crippen LogP contribution >= 0.6 is 23.8 Å². The summed E-state index contributed by atoms with van der Waals surface area (Å²) in [5.74, 6) is 0.327. The monoisotopic (exact) mass is 428 g/mol. The summed E-state index contributed by atoms with van der Waals surface area (Å²) < 4.78 is 19.9. The van der Waals surface area contributed by atoms with Gasteiger partial charge in [0.1, 0.15) is 11.6 Å². The molecule has 0 unspecified atom stereocenters. The van der Waals surface area contributed by atoms with Gasteiger partial charge in [-0.05, 0) is 54.5 Å². The lowest BCUT2D eigenvalue weighted by Gasteiger charge is -2.27. The van der Waals surface area contributed by atoms with Gasteiger partial charge >= 0.3 is 0 Å². The van der Waals surface area contributed by atoms with Crippen molar-refractivity contribution in [1.82, 2.24) is 4.90 Å². The van der Waals surface area contributed by atoms with Crippen molar-refractivity contribution < 1.29 is 9.13 Å². The van der Waals surface area contributed by atoms with Crippen molar-refractivity contribution in [3.8, 4) is 5.75 Å². The number of hydrogen-bond donors (Lipinski definition) is 1. The number of benzene rings is 3. The Kier molecular flexibility index (Phi) is 7.07. The molecule has 3 rings (SSSR count). The fraction of sp³-hybridized carbons (Fsp3) is 0.174. The molecular weight excluding hydrogens is 407 g/mol. The number of methoxy groups -OCH3 is 1. The second-order valence-electron chi connectivity index (χ2n) is 6.68. The third-order valence-electron chi connectivity index (χ3n) is 4.51. The van der Waals surface area contributed by atoms with Gasteiger partial charge in [0, 0.05) is 23.7 Å². The first kappa shape index (κ1) is 21.1. The van der Waals surface area contributed by atoms with Crippen LogP contribution in [0.25, 0.3) is 0 Å². The van der Waals surface area contributed by atoms with E-state index < -0.39 is 0 Å². The molecule has 0 spiro atoms. The van der Waals surface area contributed by atoms with Gasteiger partial charge in [-0.25, -0.2) is 4.39 Å². The highest BCUT2D eigenvalue weighted by Gasteiger charge is 2.17. The smallest absolute Gasteiger partial charge is 0.174 e. The molecule has 150 valence electrons. The number of nitrogens with zero attached hydrogens (tertiary/aromatic N) is 1. The molecule has 0 aliphatic carbocycles. The highest BCUT2D eigenvalue weighted by molar-refractivity contribution is 7.80. The SMILES string of the molecule is COc1ccc(C)cc1NC(=S)N(Cc1ccccc1)Cc1c(F)cccc1Cl. The third kappa shape index (κ3) is 5.46. The van der Waals surface area contributed by atoms with Crippen molar-refractivity contribution in [1.29, 1.82) is 0 Å². The Morgan fingerprint density at radius 1 is 1.07 bits per heavy atom. The van der Waals surface area contributed by atoms with Gasteiger partial charge in [0.05, 0.1) is 12.8 Å². The zero-order valence-corrected chi connectivity index (χ0v) is 17.9. The van der Waals surface area contributed by atoms with Crippen LogP contribution in [0.2, 0.25) is 5.02 Å². The summed E-state index contributed by atoms with van der Waals surface area (Å²) in [4.78, 5) is 1.89. The second-order valence-corrected chi connectivity index (χ2v) is 7.47. The Morgan fingerprint density at radius 2 is 1.83 bits per heavy atom. The predicted octanol–water partition coefficient (Wildman–Crippen LogP) is 6.20. The molecule has 6 heteroatoms. The summed E-state index contributed by atoms with van der Waals surface area (Å²) in [5.41, 5.74) is 3.30. The molecule has 0 aliphatic heterocycles. The Hall–Kier alpha value is -2.63. The van der Waals surface area contributed by atoms with Gasteiger partial charge in [-0.1, -0.05) is 54.1 Å². The van der Waals surface area contributed by atoms with Gasteiger partial charge < -0.3 is 15.0 Å². The molecule has 0 fully saturated rings. The minimum atomic E-state index is -0.355. The van der Waals surface area contributed by atoms with E-state index >= 15 is 0 Å². The molecule has 0 aromatic heterocycles. The van der Waals surface area contributed by atoms with E-state index in [1.54, 1.807) is 19.2 Å². The summed E-state index contributed by atoms with van der Waals surface area (Å²) in [6, 6.07) is 20.4. The number of halogens is 2. The van der Waals surface area contributed by atoms with Crippen molar-refractivity contribution in [2.24, 2.45) is 0 Å². The lowest BCUT2D eigenvalue weighted by Crippen LogP contribution is -2.34. The normalized spacial score (nSPS) is 10.5. The predicted molar refractivity (Wildman–Crippen MR) is 121 cm³/mol. The average Bonchev–Trinajstić information content (AvgIpc) is 2.71. The van der Waals surface area contributed by atoms with E-state index in [0.29, 0.717) is 28.0 Å². The number of anilines is 1. The first-order chi connectivity index (χ1) is 14.0. The van der Waals surface area contributed by atoms with E-state index in [9.17, 15) is 4.39 Å². The van der Waals surface area contributed by atoms with Gasteiger partial charge in [0.15, 0.2) is 5.11 Å². The van der Waals surface area contributed by atoms with Gasteiger partial charge in [-0.3, -0.25) is 0 Å². The summed E-state index contributed by atoms with van der Waals surface area (Å²) in [6.07, 6.45) is 0. The van der Waals surface area contributed by atoms with Crippen LogP contribution in [0.5, 0.6) is 5.75 Å². The summed E-state index contributed by atoms with van der Waals surface area (Å²) in [7, 11) is 1.61. The van der Waals surface area contributed by atoms with E-state index in [-0.39, 0.29) is 12.4 Å². The first-order valence-corrected chi connectivity index (χ1v) is 9.94. The van der Waals surface area contributed by atoms with Gasteiger partial charge in [-0.2, -0.15) is 0 Å². The van der Waals surface area contributed by atoms with Crippen LogP contribution < -0.4 is 10.1 Å². The number of aryl methyl sites for hydroxylation is 1. The van der Waals surface area contributed by atoms with Crippen molar-refractivity contribution in [3.05, 3.63) is 94.3 Å². The zero-order chi connectivity index (χ0) is 20.8. The average molecular weight is 429 g/mol. The third-order valence-corrected chi connectivity index (χ3v) is 5.23. The minimum absolute atomic E-state index is 0.236. The number of ether oxygens (including phenoxy) is 1. The maximum Gasteiger partial charge on any atom is 0.174 e. The molecule has 3 aromatic rings. The van der Waals surface area contributed by atoms with Crippen LogP contribution in [-0.2, 0) is 13.1 Å². The van der Waals surface area contributed by atoms with Gasteiger partial charge in [0.2, 0.25) is 0 Å². The topological polar surface area (TPSA) is 24.5 Å². The molecular formula is C23H22ClFN2OS. The van der Waals surface area contributed by atoms with Crippen molar-refractivity contribution >= 4 is 34.6 Å². The van der Waals surface area contributed by atoms with Crippen LogP contribution in [0.4, 0.5) is 10.1 Å². The fourth-order valence-corrected chi connectivity index (χ4v) is 3.45. The minimum Gasteiger partial charge on any atom is -0.495 e. The Balaban J connectivity index is 1.90. The summed E-state index contributed by atoms with van der Waals surface area (Å²) in [6.45, 7) is 2.74. The molecule has 0 saturated heterocycles. The highest BCUT2D eigenvalue weighted by Crippen LogP contribution is 2.27. The van der Waals surface area contributed by atoms with Crippen LogP contribution in [-0.4, -0.2) is 17.1 Å². The van der Waals surface area contributed by atoms with E-state index in [4.69, 9.17) is 28.6 Å². The van der Waals surface area contributed by atoms with Crippen LogP contribution in [0.3, 0.4) is 0 Å². The Morgan fingerprint density at radius 3 is 2.52 bits per heavy atom. The molecule has 29 heavy (non-hydrogen) atoms. The fourth-order valence-electron chi connectivity index (χ4n) is 2.99. The van der Waals surface area contributed by atoms with Gasteiger partial charge in [-0.15, -0.1) is 0 Å². The van der Waals surface area contributed by atoms with Crippen molar-refractivity contribution in [2.45, 2.75) is 20.0 Å². The second kappa shape index (κ2) is 9.72. The summed E-state index contributed by atoms with van der Waals surface area (Å²) >= 11 is 11.9.